The van der Waals surface area contributed by atoms with Gasteiger partial charge in [0.15, 0.2) is 0 Å². The van der Waals surface area contributed by atoms with Gasteiger partial charge in [0.2, 0.25) is 0 Å². The predicted octanol–water partition coefficient (Wildman–Crippen LogP) is 1.43. The molecule has 3 nitrogen and oxygen atoms in total. The highest BCUT2D eigenvalue weighted by atomic mass is 32.1. The van der Waals surface area contributed by atoms with E-state index in [1.54, 1.807) is 0 Å². The van der Waals surface area contributed by atoms with Gasteiger partial charge in [-0.3, -0.25) is 0 Å². The number of nitrogens with zero attached hydrogens (tertiary/aromatic N) is 1. The Labute approximate surface area is 102 Å². The van der Waals surface area contributed by atoms with Crippen molar-refractivity contribution in [3.05, 3.63) is 22.4 Å². The summed E-state index contributed by atoms with van der Waals surface area (Å²) in [6, 6.07) is 5.88. The molecule has 1 unspecified atom stereocenters. The van der Waals surface area contributed by atoms with E-state index in [4.69, 9.17) is 5.73 Å². The third-order valence-electron chi connectivity index (χ3n) is 3.27. The summed E-state index contributed by atoms with van der Waals surface area (Å²) in [6.07, 6.45) is 2.26. The van der Waals surface area contributed by atoms with Crippen LogP contribution in [0.2, 0.25) is 0 Å². The van der Waals surface area contributed by atoms with E-state index in [0.717, 1.165) is 19.4 Å². The first-order valence-corrected chi connectivity index (χ1v) is 6.73. The average Bonchev–Trinajstić information content (AvgIpc) is 2.67. The largest absolute Gasteiger partial charge is 0.328 e. The molecule has 90 valence electrons. The van der Waals surface area contributed by atoms with E-state index in [9.17, 15) is 0 Å². The molecule has 1 heterocycles. The Morgan fingerprint density at radius 2 is 2.31 bits per heavy atom. The maximum atomic E-state index is 5.78. The van der Waals surface area contributed by atoms with E-state index < -0.39 is 0 Å². The van der Waals surface area contributed by atoms with Gasteiger partial charge in [0.25, 0.3) is 0 Å². The number of nitrogens with two attached hydrogens (primary N) is 1. The van der Waals surface area contributed by atoms with Crippen LogP contribution in [0.3, 0.4) is 0 Å². The first-order chi connectivity index (χ1) is 7.66. The van der Waals surface area contributed by atoms with Crippen LogP contribution in [-0.2, 0) is 0 Å². The minimum absolute atomic E-state index is 0.428. The second kappa shape index (κ2) is 5.27. The van der Waals surface area contributed by atoms with Crippen molar-refractivity contribution in [2.75, 3.05) is 20.6 Å². The Bertz CT molecular complexity index is 304. The van der Waals surface area contributed by atoms with Crippen LogP contribution in [0.25, 0.3) is 0 Å². The monoisotopic (exact) mass is 239 g/mol. The summed E-state index contributed by atoms with van der Waals surface area (Å²) < 4.78 is 0. The predicted molar refractivity (Wildman–Crippen MR) is 69.7 cm³/mol. The molecule has 16 heavy (non-hydrogen) atoms. The summed E-state index contributed by atoms with van der Waals surface area (Å²) in [5, 5.41) is 5.75. The number of hydrogen-bond donors (Lipinski definition) is 2. The molecule has 0 bridgehead atoms. The molecular formula is C12H21N3S. The molecule has 1 aliphatic rings. The number of nitrogens with one attached hydrogen (secondary N) is 1. The Balaban J connectivity index is 1.84. The van der Waals surface area contributed by atoms with Crippen molar-refractivity contribution in [1.82, 2.24) is 10.2 Å². The molecule has 0 radical (unpaired) electrons. The van der Waals surface area contributed by atoms with Crippen LogP contribution in [0.15, 0.2) is 17.5 Å². The molecule has 1 atom stereocenters. The van der Waals surface area contributed by atoms with Crippen LogP contribution in [0, 0.1) is 0 Å². The first-order valence-electron chi connectivity index (χ1n) is 5.85. The van der Waals surface area contributed by atoms with Gasteiger partial charge < -0.3 is 16.0 Å². The molecule has 3 N–H and O–H groups in total. The lowest BCUT2D eigenvalue weighted by Gasteiger charge is -2.35. The summed E-state index contributed by atoms with van der Waals surface area (Å²) in [5.74, 6) is 0. The van der Waals surface area contributed by atoms with Crippen LogP contribution in [0.4, 0.5) is 0 Å². The Hall–Kier alpha value is -0.420. The van der Waals surface area contributed by atoms with Gasteiger partial charge in [0.1, 0.15) is 0 Å². The van der Waals surface area contributed by atoms with Gasteiger partial charge in [-0.05, 0) is 38.4 Å². The minimum Gasteiger partial charge on any atom is -0.328 e. The highest BCUT2D eigenvalue weighted by Gasteiger charge is 2.26. The normalized spacial score (nSPS) is 26.8. The van der Waals surface area contributed by atoms with Crippen LogP contribution < -0.4 is 11.1 Å². The van der Waals surface area contributed by atoms with Crippen LogP contribution >= 0.6 is 11.3 Å². The van der Waals surface area contributed by atoms with Crippen molar-refractivity contribution < 1.29 is 0 Å². The standard InChI is InChI=1S/C12H21N3S/c1-15(2)11(12-4-3-5-16-12)8-14-10-6-9(13)7-10/h3-5,9-11,14H,6-8,13H2,1-2H3. The van der Waals surface area contributed by atoms with E-state index >= 15 is 0 Å². The fourth-order valence-electron chi connectivity index (χ4n) is 2.13. The fraction of sp³-hybridized carbons (Fsp3) is 0.667. The summed E-state index contributed by atoms with van der Waals surface area (Å²) >= 11 is 1.83. The number of hydrogen-bond acceptors (Lipinski definition) is 4. The molecule has 0 saturated heterocycles. The van der Waals surface area contributed by atoms with E-state index in [1.807, 2.05) is 11.3 Å². The number of rotatable bonds is 5. The Kier molecular flexibility index (Phi) is 3.97. The van der Waals surface area contributed by atoms with Gasteiger partial charge in [-0.15, -0.1) is 11.3 Å². The summed E-state index contributed by atoms with van der Waals surface area (Å²) in [4.78, 5) is 3.71. The van der Waals surface area contributed by atoms with E-state index in [-0.39, 0.29) is 0 Å². The van der Waals surface area contributed by atoms with Gasteiger partial charge in [-0.2, -0.15) is 0 Å². The summed E-state index contributed by atoms with van der Waals surface area (Å²) in [7, 11) is 4.27. The van der Waals surface area contributed by atoms with E-state index in [1.165, 1.54) is 4.88 Å². The second-order valence-corrected chi connectivity index (χ2v) is 5.81. The molecular weight excluding hydrogens is 218 g/mol. The zero-order chi connectivity index (χ0) is 11.5. The average molecular weight is 239 g/mol. The highest BCUT2D eigenvalue weighted by molar-refractivity contribution is 7.10. The Morgan fingerprint density at radius 1 is 1.56 bits per heavy atom. The molecule has 1 aromatic rings. The minimum atomic E-state index is 0.428. The Morgan fingerprint density at radius 3 is 2.81 bits per heavy atom. The van der Waals surface area contributed by atoms with Gasteiger partial charge in [-0.1, -0.05) is 6.07 Å². The lowest BCUT2D eigenvalue weighted by Crippen LogP contribution is -2.50. The van der Waals surface area contributed by atoms with Crippen molar-refractivity contribution >= 4 is 11.3 Å². The SMILES string of the molecule is CN(C)C(CNC1CC(N)C1)c1cccs1. The highest BCUT2D eigenvalue weighted by Crippen LogP contribution is 2.24. The molecule has 1 saturated carbocycles. The molecule has 2 rings (SSSR count). The molecule has 0 amide bonds. The number of likely N-dealkylation sites (N-methyl/N-ethyl adjacent to an activating group) is 1. The zero-order valence-electron chi connectivity index (χ0n) is 10.0. The van der Waals surface area contributed by atoms with Crippen molar-refractivity contribution in [1.29, 1.82) is 0 Å². The lowest BCUT2D eigenvalue weighted by molar-refractivity contribution is 0.240. The van der Waals surface area contributed by atoms with E-state index in [0.29, 0.717) is 18.1 Å². The smallest absolute Gasteiger partial charge is 0.0561 e. The maximum absolute atomic E-state index is 5.78. The van der Waals surface area contributed by atoms with Gasteiger partial charge in [0, 0.05) is 23.5 Å². The van der Waals surface area contributed by atoms with Gasteiger partial charge in [0.05, 0.1) is 6.04 Å². The van der Waals surface area contributed by atoms with Crippen molar-refractivity contribution in [2.45, 2.75) is 31.0 Å². The molecule has 1 aromatic heterocycles. The van der Waals surface area contributed by atoms with Crippen molar-refractivity contribution in [3.63, 3.8) is 0 Å². The maximum Gasteiger partial charge on any atom is 0.0561 e. The van der Waals surface area contributed by atoms with Crippen LogP contribution in [0.5, 0.6) is 0 Å². The molecule has 0 aromatic carbocycles. The topological polar surface area (TPSA) is 41.3 Å². The number of thiophene rings is 1. The fourth-order valence-corrected chi connectivity index (χ4v) is 3.05. The lowest BCUT2D eigenvalue weighted by atomic mass is 9.87. The van der Waals surface area contributed by atoms with E-state index in [2.05, 4.69) is 41.8 Å². The third-order valence-corrected chi connectivity index (χ3v) is 4.24. The first kappa shape index (κ1) is 12.0. The molecule has 1 fully saturated rings. The molecule has 1 aliphatic carbocycles. The third kappa shape index (κ3) is 2.83. The molecule has 4 heteroatoms. The van der Waals surface area contributed by atoms with Gasteiger partial charge in [-0.25, -0.2) is 0 Å². The van der Waals surface area contributed by atoms with Crippen LogP contribution in [0.1, 0.15) is 23.8 Å². The van der Waals surface area contributed by atoms with Crippen LogP contribution in [-0.4, -0.2) is 37.6 Å². The summed E-state index contributed by atoms with van der Waals surface area (Å²) in [6.45, 7) is 1.02. The second-order valence-electron chi connectivity index (χ2n) is 4.83. The van der Waals surface area contributed by atoms with Gasteiger partial charge >= 0.3 is 0 Å². The summed E-state index contributed by atoms with van der Waals surface area (Å²) in [5.41, 5.74) is 5.78. The molecule has 0 spiro atoms. The zero-order valence-corrected chi connectivity index (χ0v) is 10.8. The quantitative estimate of drug-likeness (QED) is 0.817. The molecule has 0 aliphatic heterocycles. The van der Waals surface area contributed by atoms with Crippen molar-refractivity contribution in [3.8, 4) is 0 Å². The van der Waals surface area contributed by atoms with Crippen molar-refractivity contribution in [2.24, 2.45) is 5.73 Å².